The molecule has 40 heavy (non-hydrogen) atoms. The van der Waals surface area contributed by atoms with Gasteiger partial charge in [-0.15, -0.1) is 0 Å². The zero-order chi connectivity index (χ0) is 27.5. The molecule has 6 rings (SSSR count). The Morgan fingerprint density at radius 1 is 1.05 bits per heavy atom. The molecule has 0 spiro atoms. The van der Waals surface area contributed by atoms with Crippen LogP contribution in [0, 0.1) is 0 Å². The quantitative estimate of drug-likeness (QED) is 0.324. The van der Waals surface area contributed by atoms with Gasteiger partial charge in [0, 0.05) is 74.0 Å². The Kier molecular flexibility index (Phi) is 7.72. The highest BCUT2D eigenvalue weighted by molar-refractivity contribution is 6.11. The van der Waals surface area contributed by atoms with Gasteiger partial charge in [0.15, 0.2) is 5.69 Å². The predicted molar refractivity (Wildman–Crippen MR) is 153 cm³/mol. The zero-order valence-corrected chi connectivity index (χ0v) is 22.7. The van der Waals surface area contributed by atoms with Crippen LogP contribution in [0.4, 0.5) is 5.69 Å². The lowest BCUT2D eigenvalue weighted by molar-refractivity contribution is 0.0792. The molecule has 0 saturated carbocycles. The lowest BCUT2D eigenvalue weighted by atomic mass is 10.0. The van der Waals surface area contributed by atoms with E-state index in [-0.39, 0.29) is 18.1 Å². The molecular formula is C30H35N7O3. The number of H-pyrrole nitrogens is 1. The zero-order valence-electron chi connectivity index (χ0n) is 22.7. The largest absolute Gasteiger partial charge is 0.474 e. The second-order valence-electron chi connectivity index (χ2n) is 10.9. The van der Waals surface area contributed by atoms with Crippen LogP contribution in [-0.2, 0) is 6.54 Å². The van der Waals surface area contributed by atoms with Crippen molar-refractivity contribution < 1.29 is 14.6 Å². The molecule has 2 aliphatic rings. The molecule has 10 nitrogen and oxygen atoms in total. The van der Waals surface area contributed by atoms with Crippen LogP contribution in [0.5, 0.6) is 5.88 Å². The van der Waals surface area contributed by atoms with Crippen molar-refractivity contribution in [3.8, 4) is 17.0 Å². The van der Waals surface area contributed by atoms with Crippen LogP contribution in [-0.4, -0.2) is 86.4 Å². The fourth-order valence-electron chi connectivity index (χ4n) is 5.45. The van der Waals surface area contributed by atoms with E-state index in [9.17, 15) is 9.90 Å². The molecule has 0 aliphatic carbocycles. The highest BCUT2D eigenvalue weighted by Gasteiger charge is 2.20. The number of carbonyl (C=O) groups excluding carboxylic acids is 1. The third-order valence-corrected chi connectivity index (χ3v) is 7.82. The predicted octanol–water partition coefficient (Wildman–Crippen LogP) is 3.70. The number of nitrogens with one attached hydrogen (secondary N) is 2. The fourth-order valence-corrected chi connectivity index (χ4v) is 5.45. The maximum absolute atomic E-state index is 13.3. The van der Waals surface area contributed by atoms with Crippen LogP contribution < -0.4 is 10.1 Å². The lowest BCUT2D eigenvalue weighted by Crippen LogP contribution is -2.35. The Balaban J connectivity index is 1.16. The third kappa shape index (κ3) is 6.14. The van der Waals surface area contributed by atoms with Gasteiger partial charge in [0.25, 0.3) is 5.91 Å². The van der Waals surface area contributed by atoms with E-state index in [0.29, 0.717) is 17.3 Å². The SMILES string of the molecule is CN1CCC(Oc2cc(NC(=O)c3n[nH]c4ccc(-c5cncc(CN6CCC(O)CC6)c5)cc34)ccn2)CC1. The summed E-state index contributed by atoms with van der Waals surface area (Å²) in [5, 5.41) is 20.8. The summed E-state index contributed by atoms with van der Waals surface area (Å²) in [6, 6.07) is 11.6. The number of hydrogen-bond donors (Lipinski definition) is 3. The first-order valence-corrected chi connectivity index (χ1v) is 14.0. The van der Waals surface area contributed by atoms with Crippen molar-refractivity contribution >= 4 is 22.5 Å². The topological polar surface area (TPSA) is 120 Å². The van der Waals surface area contributed by atoms with E-state index in [4.69, 9.17) is 4.74 Å². The second-order valence-corrected chi connectivity index (χ2v) is 10.9. The van der Waals surface area contributed by atoms with E-state index in [0.717, 1.165) is 86.0 Å². The van der Waals surface area contributed by atoms with Crippen molar-refractivity contribution in [1.29, 1.82) is 0 Å². The molecule has 1 aromatic carbocycles. The molecule has 2 aliphatic heterocycles. The highest BCUT2D eigenvalue weighted by Crippen LogP contribution is 2.27. The van der Waals surface area contributed by atoms with Crippen molar-refractivity contribution in [2.24, 2.45) is 0 Å². The number of aliphatic hydroxyl groups excluding tert-OH is 1. The molecule has 2 fully saturated rings. The van der Waals surface area contributed by atoms with Crippen LogP contribution >= 0.6 is 0 Å². The normalized spacial score (nSPS) is 17.8. The molecular weight excluding hydrogens is 506 g/mol. The summed E-state index contributed by atoms with van der Waals surface area (Å²) in [4.78, 5) is 26.7. The van der Waals surface area contributed by atoms with E-state index in [1.165, 1.54) is 0 Å². The maximum Gasteiger partial charge on any atom is 0.276 e. The molecule has 1 amide bonds. The molecule has 4 aromatic rings. The Labute approximate surface area is 233 Å². The van der Waals surface area contributed by atoms with Crippen molar-refractivity contribution in [3.63, 3.8) is 0 Å². The van der Waals surface area contributed by atoms with E-state index >= 15 is 0 Å². The number of benzene rings is 1. The molecule has 208 valence electrons. The third-order valence-electron chi connectivity index (χ3n) is 7.82. The number of ether oxygens (including phenoxy) is 1. The van der Waals surface area contributed by atoms with Gasteiger partial charge in [-0.05, 0) is 68.1 Å². The molecule has 3 N–H and O–H groups in total. The average molecular weight is 542 g/mol. The summed E-state index contributed by atoms with van der Waals surface area (Å²) in [5.74, 6) is 0.202. The fraction of sp³-hybridized carbons (Fsp3) is 0.400. The average Bonchev–Trinajstić information content (AvgIpc) is 3.40. The van der Waals surface area contributed by atoms with Crippen molar-refractivity contribution in [2.75, 3.05) is 38.5 Å². The molecule has 0 bridgehead atoms. The van der Waals surface area contributed by atoms with Gasteiger partial charge in [-0.3, -0.25) is 19.8 Å². The number of anilines is 1. The number of carbonyl (C=O) groups is 1. The van der Waals surface area contributed by atoms with Gasteiger partial charge in [-0.25, -0.2) is 4.98 Å². The first-order valence-electron chi connectivity index (χ1n) is 14.0. The van der Waals surface area contributed by atoms with Gasteiger partial charge in [-0.1, -0.05) is 6.07 Å². The smallest absolute Gasteiger partial charge is 0.276 e. The number of nitrogens with zero attached hydrogens (tertiary/aromatic N) is 5. The molecule has 5 heterocycles. The van der Waals surface area contributed by atoms with E-state index in [1.807, 2.05) is 30.6 Å². The number of aromatic amines is 1. The van der Waals surface area contributed by atoms with E-state index in [1.54, 1.807) is 18.3 Å². The monoisotopic (exact) mass is 541 g/mol. The van der Waals surface area contributed by atoms with Crippen LogP contribution in [0.3, 0.4) is 0 Å². The minimum Gasteiger partial charge on any atom is -0.474 e. The van der Waals surface area contributed by atoms with Crippen molar-refractivity contribution in [3.05, 3.63) is 66.2 Å². The van der Waals surface area contributed by atoms with Crippen LogP contribution in [0.1, 0.15) is 41.7 Å². The van der Waals surface area contributed by atoms with Crippen LogP contribution in [0.25, 0.3) is 22.0 Å². The van der Waals surface area contributed by atoms with Gasteiger partial charge in [0.1, 0.15) is 6.10 Å². The summed E-state index contributed by atoms with van der Waals surface area (Å²) in [7, 11) is 2.12. The number of aromatic nitrogens is 4. The van der Waals surface area contributed by atoms with Gasteiger partial charge in [-0.2, -0.15) is 5.10 Å². The first-order chi connectivity index (χ1) is 19.5. The number of hydrogen-bond acceptors (Lipinski definition) is 8. The summed E-state index contributed by atoms with van der Waals surface area (Å²) >= 11 is 0. The molecule has 3 aromatic heterocycles. The number of fused-ring (bicyclic) bond motifs is 1. The maximum atomic E-state index is 13.3. The summed E-state index contributed by atoms with van der Waals surface area (Å²) < 4.78 is 6.08. The number of likely N-dealkylation sites (tertiary alicyclic amines) is 2. The molecule has 0 unspecified atom stereocenters. The Hall–Kier alpha value is -3.86. The molecule has 2 saturated heterocycles. The minimum absolute atomic E-state index is 0.129. The number of pyridine rings is 2. The highest BCUT2D eigenvalue weighted by atomic mass is 16.5. The van der Waals surface area contributed by atoms with E-state index in [2.05, 4.69) is 48.4 Å². The summed E-state index contributed by atoms with van der Waals surface area (Å²) in [6.45, 7) is 4.56. The van der Waals surface area contributed by atoms with Gasteiger partial charge in [0.05, 0.1) is 11.6 Å². The minimum atomic E-state index is -0.306. The first kappa shape index (κ1) is 26.4. The van der Waals surface area contributed by atoms with Gasteiger partial charge in [0.2, 0.25) is 5.88 Å². The summed E-state index contributed by atoms with van der Waals surface area (Å²) in [6.07, 6.45) is 8.84. The van der Waals surface area contributed by atoms with E-state index < -0.39 is 0 Å². The van der Waals surface area contributed by atoms with Gasteiger partial charge >= 0.3 is 0 Å². The Morgan fingerprint density at radius 2 is 1.88 bits per heavy atom. The summed E-state index contributed by atoms with van der Waals surface area (Å²) in [5.41, 5.74) is 4.78. The number of rotatable bonds is 7. The standard InChI is InChI=1S/C30H35N7O3/c1-36-10-7-25(8-11-36)40-28-16-23(4-9-32-28)33-30(39)29-26-15-21(2-3-27(26)34-35-29)22-14-20(17-31-18-22)19-37-12-5-24(38)6-13-37/h2-4,9,14-18,24-25,38H,5-8,10-13,19H2,1H3,(H,34,35)(H,32,33,39). The van der Waals surface area contributed by atoms with Crippen LogP contribution in [0.15, 0.2) is 55.0 Å². The van der Waals surface area contributed by atoms with Gasteiger partial charge < -0.3 is 20.1 Å². The van der Waals surface area contributed by atoms with Crippen molar-refractivity contribution in [1.82, 2.24) is 30.0 Å². The second kappa shape index (κ2) is 11.7. The Morgan fingerprint density at radius 3 is 2.70 bits per heavy atom. The molecule has 0 radical (unpaired) electrons. The van der Waals surface area contributed by atoms with Crippen molar-refractivity contribution in [2.45, 2.75) is 44.4 Å². The Bertz CT molecular complexity index is 1470. The van der Waals surface area contributed by atoms with Crippen LogP contribution in [0.2, 0.25) is 0 Å². The molecule has 0 atom stereocenters. The number of amides is 1. The molecule has 10 heteroatoms. The number of piperidine rings is 2. The lowest BCUT2D eigenvalue weighted by Gasteiger charge is -2.29. The number of aliphatic hydroxyl groups is 1.